The first-order valence-electron chi connectivity index (χ1n) is 4.69. The highest BCUT2D eigenvalue weighted by atomic mass is 14.7. The highest BCUT2D eigenvalue weighted by Crippen LogP contribution is 2.26. The molecule has 1 N–H and O–H groups in total. The molecule has 2 aromatic rings. The maximum atomic E-state index is 8.97. The van der Waals surface area contributed by atoms with Crippen molar-refractivity contribution in [3.05, 3.63) is 36.0 Å². The summed E-state index contributed by atoms with van der Waals surface area (Å²) in [5.74, 6) is -0.342. The lowest BCUT2D eigenvalue weighted by molar-refractivity contribution is 0.895. The molecule has 0 spiro atoms. The molecule has 0 saturated heterocycles. The summed E-state index contributed by atoms with van der Waals surface area (Å²) in [5, 5.41) is 18.6. The largest absolute Gasteiger partial charge is 0.361 e. The van der Waals surface area contributed by atoms with Crippen LogP contribution in [0.25, 0.3) is 10.9 Å². The first-order valence-corrected chi connectivity index (χ1v) is 4.69. The highest BCUT2D eigenvalue weighted by Gasteiger charge is 2.14. The number of aromatic nitrogens is 1. The molecular weight excluding hydrogens is 186 g/mol. The van der Waals surface area contributed by atoms with Gasteiger partial charge in [-0.15, -0.1) is 0 Å². The van der Waals surface area contributed by atoms with Gasteiger partial charge < -0.3 is 4.98 Å². The normalized spacial score (nSPS) is 11.9. The van der Waals surface area contributed by atoms with E-state index >= 15 is 0 Å². The van der Waals surface area contributed by atoms with Crippen LogP contribution in [0.3, 0.4) is 0 Å². The lowest BCUT2D eigenvalue weighted by Gasteiger charge is -2.01. The molecule has 1 unspecified atom stereocenters. The van der Waals surface area contributed by atoms with E-state index in [1.54, 1.807) is 0 Å². The van der Waals surface area contributed by atoms with Gasteiger partial charge in [-0.1, -0.05) is 18.2 Å². The molecule has 0 saturated carbocycles. The average Bonchev–Trinajstić information content (AvgIpc) is 2.70. The predicted octanol–water partition coefficient (Wildman–Crippen LogP) is 2.69. The summed E-state index contributed by atoms with van der Waals surface area (Å²) >= 11 is 0. The van der Waals surface area contributed by atoms with E-state index in [1.165, 1.54) is 0 Å². The number of para-hydroxylation sites is 1. The number of hydrogen-bond acceptors (Lipinski definition) is 2. The van der Waals surface area contributed by atoms with E-state index in [0.717, 1.165) is 16.5 Å². The van der Waals surface area contributed by atoms with Gasteiger partial charge in [0, 0.05) is 17.1 Å². The molecule has 0 aliphatic heterocycles. The van der Waals surface area contributed by atoms with Crippen LogP contribution in [0.1, 0.15) is 17.9 Å². The van der Waals surface area contributed by atoms with Gasteiger partial charge in [0.25, 0.3) is 0 Å². The van der Waals surface area contributed by atoms with Crippen LogP contribution >= 0.6 is 0 Å². The van der Waals surface area contributed by atoms with Crippen LogP contribution < -0.4 is 0 Å². The van der Waals surface area contributed by atoms with Crippen LogP contribution in [0.2, 0.25) is 0 Å². The molecule has 1 atom stereocenters. The topological polar surface area (TPSA) is 63.4 Å². The molecular formula is C12H9N3. The highest BCUT2D eigenvalue weighted by molar-refractivity contribution is 5.84. The van der Waals surface area contributed by atoms with E-state index in [9.17, 15) is 0 Å². The molecule has 15 heavy (non-hydrogen) atoms. The molecule has 0 radical (unpaired) electrons. The van der Waals surface area contributed by atoms with E-state index < -0.39 is 0 Å². The Kier molecular flexibility index (Phi) is 2.39. The lowest BCUT2D eigenvalue weighted by atomic mass is 9.97. The van der Waals surface area contributed by atoms with Gasteiger partial charge in [-0.05, 0) is 11.6 Å². The Bertz CT molecular complexity index is 554. The number of fused-ring (bicyclic) bond motifs is 1. The maximum Gasteiger partial charge on any atom is 0.0863 e. The Morgan fingerprint density at radius 3 is 2.80 bits per heavy atom. The lowest BCUT2D eigenvalue weighted by Crippen LogP contribution is -1.92. The minimum absolute atomic E-state index is 0.234. The van der Waals surface area contributed by atoms with Crippen molar-refractivity contribution in [2.45, 2.75) is 12.3 Å². The third-order valence-electron chi connectivity index (χ3n) is 2.45. The second-order valence-corrected chi connectivity index (χ2v) is 3.33. The second-order valence-electron chi connectivity index (χ2n) is 3.33. The SMILES string of the molecule is N#CCC(C#N)c1c[nH]c2ccccc12. The summed E-state index contributed by atoms with van der Waals surface area (Å²) < 4.78 is 0. The number of nitriles is 2. The third-order valence-corrected chi connectivity index (χ3v) is 2.45. The van der Waals surface area contributed by atoms with Crippen LogP contribution in [0, 0.1) is 22.7 Å². The van der Waals surface area contributed by atoms with E-state index in [0.29, 0.717) is 0 Å². The predicted molar refractivity (Wildman–Crippen MR) is 56.9 cm³/mol. The van der Waals surface area contributed by atoms with Crippen molar-refractivity contribution in [3.8, 4) is 12.1 Å². The molecule has 1 aromatic carbocycles. The zero-order chi connectivity index (χ0) is 10.7. The number of rotatable bonds is 2. The molecule has 1 aromatic heterocycles. The zero-order valence-corrected chi connectivity index (χ0v) is 8.07. The molecule has 2 rings (SSSR count). The summed E-state index contributed by atoms with van der Waals surface area (Å²) in [7, 11) is 0. The average molecular weight is 195 g/mol. The molecule has 1 heterocycles. The monoisotopic (exact) mass is 195 g/mol. The Morgan fingerprint density at radius 2 is 2.07 bits per heavy atom. The van der Waals surface area contributed by atoms with Gasteiger partial charge in [0.2, 0.25) is 0 Å². The van der Waals surface area contributed by atoms with Crippen molar-refractivity contribution in [2.75, 3.05) is 0 Å². The van der Waals surface area contributed by atoms with E-state index in [1.807, 2.05) is 36.5 Å². The Morgan fingerprint density at radius 1 is 1.27 bits per heavy atom. The van der Waals surface area contributed by atoms with Crippen LogP contribution in [0.4, 0.5) is 0 Å². The number of aromatic amines is 1. The van der Waals surface area contributed by atoms with Gasteiger partial charge in [0.1, 0.15) is 0 Å². The van der Waals surface area contributed by atoms with Crippen molar-refractivity contribution < 1.29 is 0 Å². The summed E-state index contributed by atoms with van der Waals surface area (Å²) in [6.07, 6.45) is 2.05. The number of nitrogens with one attached hydrogen (secondary N) is 1. The first-order chi connectivity index (χ1) is 7.36. The minimum Gasteiger partial charge on any atom is -0.361 e. The quantitative estimate of drug-likeness (QED) is 0.800. The summed E-state index contributed by atoms with van der Waals surface area (Å²) in [5.41, 5.74) is 1.92. The van der Waals surface area contributed by atoms with Gasteiger partial charge in [0.15, 0.2) is 0 Å². The van der Waals surface area contributed by atoms with Gasteiger partial charge in [-0.3, -0.25) is 0 Å². The van der Waals surface area contributed by atoms with Crippen molar-refractivity contribution in [2.24, 2.45) is 0 Å². The summed E-state index contributed by atoms with van der Waals surface area (Å²) in [6.45, 7) is 0. The molecule has 0 amide bonds. The standard InChI is InChI=1S/C12H9N3/c13-6-5-9(7-14)11-8-15-12-4-2-1-3-10(11)12/h1-4,8-9,15H,5H2. The van der Waals surface area contributed by atoms with Gasteiger partial charge >= 0.3 is 0 Å². The fourth-order valence-corrected chi connectivity index (χ4v) is 1.70. The Labute approximate surface area is 87.6 Å². The molecule has 0 fully saturated rings. The third kappa shape index (κ3) is 1.56. The second kappa shape index (κ2) is 3.86. The molecule has 3 heteroatoms. The number of nitrogens with zero attached hydrogens (tertiary/aromatic N) is 2. The Hall–Kier alpha value is -2.26. The van der Waals surface area contributed by atoms with Crippen LogP contribution in [-0.4, -0.2) is 4.98 Å². The van der Waals surface area contributed by atoms with Gasteiger partial charge in [-0.25, -0.2) is 0 Å². The Balaban J connectivity index is 2.53. The molecule has 72 valence electrons. The smallest absolute Gasteiger partial charge is 0.0863 e. The summed E-state index contributed by atoms with van der Waals surface area (Å²) in [6, 6.07) is 12.0. The van der Waals surface area contributed by atoms with E-state index in [-0.39, 0.29) is 12.3 Å². The van der Waals surface area contributed by atoms with E-state index in [2.05, 4.69) is 11.1 Å². The molecule has 0 bridgehead atoms. The van der Waals surface area contributed by atoms with Crippen molar-refractivity contribution in [1.29, 1.82) is 10.5 Å². The van der Waals surface area contributed by atoms with Crippen molar-refractivity contribution >= 4 is 10.9 Å². The van der Waals surface area contributed by atoms with Crippen LogP contribution in [0.15, 0.2) is 30.5 Å². The van der Waals surface area contributed by atoms with Crippen LogP contribution in [-0.2, 0) is 0 Å². The van der Waals surface area contributed by atoms with Crippen LogP contribution in [0.5, 0.6) is 0 Å². The van der Waals surface area contributed by atoms with Crippen molar-refractivity contribution in [3.63, 3.8) is 0 Å². The zero-order valence-electron chi connectivity index (χ0n) is 8.07. The number of H-pyrrole nitrogens is 1. The molecule has 0 aliphatic rings. The number of hydrogen-bond donors (Lipinski definition) is 1. The van der Waals surface area contributed by atoms with Gasteiger partial charge in [-0.2, -0.15) is 10.5 Å². The van der Waals surface area contributed by atoms with Gasteiger partial charge in [0.05, 0.1) is 24.5 Å². The molecule has 0 aliphatic carbocycles. The number of benzene rings is 1. The minimum atomic E-state index is -0.342. The fourth-order valence-electron chi connectivity index (χ4n) is 1.70. The van der Waals surface area contributed by atoms with E-state index in [4.69, 9.17) is 10.5 Å². The molecule has 3 nitrogen and oxygen atoms in total. The maximum absolute atomic E-state index is 8.97. The summed E-state index contributed by atoms with van der Waals surface area (Å²) in [4.78, 5) is 3.10. The first kappa shape index (κ1) is 9.30. The fraction of sp³-hybridized carbons (Fsp3) is 0.167. The van der Waals surface area contributed by atoms with Crippen molar-refractivity contribution in [1.82, 2.24) is 4.98 Å².